The predicted octanol–water partition coefficient (Wildman–Crippen LogP) is 0.483. The fraction of sp³-hybridized carbons (Fsp3) is 0.500. The first-order chi connectivity index (χ1) is 9.49. The van der Waals surface area contributed by atoms with E-state index >= 15 is 0 Å². The van der Waals surface area contributed by atoms with Gasteiger partial charge in [0.25, 0.3) is 0 Å². The fourth-order valence-electron chi connectivity index (χ4n) is 1.46. The minimum absolute atomic E-state index is 0.0832. The number of thioether (sulfide) groups is 1. The van der Waals surface area contributed by atoms with Crippen LogP contribution in [0.5, 0.6) is 0 Å². The maximum absolute atomic E-state index is 11.7. The summed E-state index contributed by atoms with van der Waals surface area (Å²) >= 11 is 1.03. The topological polar surface area (TPSA) is 101 Å². The van der Waals surface area contributed by atoms with Gasteiger partial charge in [0.2, 0.25) is 5.91 Å². The van der Waals surface area contributed by atoms with Crippen LogP contribution in [0.4, 0.5) is 0 Å². The number of methoxy groups -OCH3 is 1. The molecular weight excluding hydrogens is 282 g/mol. The minimum atomic E-state index is -0.595. The summed E-state index contributed by atoms with van der Waals surface area (Å²) in [7, 11) is 1.25. The van der Waals surface area contributed by atoms with Crippen LogP contribution in [-0.4, -0.2) is 41.3 Å². The highest BCUT2D eigenvalue weighted by atomic mass is 32.2. The lowest BCUT2D eigenvalue weighted by Gasteiger charge is -2.08. The van der Waals surface area contributed by atoms with Gasteiger partial charge in [-0.3, -0.25) is 4.79 Å². The van der Waals surface area contributed by atoms with Crippen molar-refractivity contribution in [3.63, 3.8) is 0 Å². The molecule has 0 fully saturated rings. The number of aromatic amines is 1. The number of ether oxygens (including phenoxy) is 1. The van der Waals surface area contributed by atoms with E-state index in [1.54, 1.807) is 6.92 Å². The Morgan fingerprint density at radius 2 is 2.15 bits per heavy atom. The van der Waals surface area contributed by atoms with Gasteiger partial charge < -0.3 is 15.0 Å². The summed E-state index contributed by atoms with van der Waals surface area (Å²) in [6.07, 6.45) is 0.839. The van der Waals surface area contributed by atoms with Crippen LogP contribution in [0.3, 0.4) is 0 Å². The van der Waals surface area contributed by atoms with Gasteiger partial charge in [0, 0.05) is 12.2 Å². The molecular formula is C12H17N3O4S. The number of carbonyl (C=O) groups excluding carboxylic acids is 2. The normalized spacial score (nSPS) is 10.2. The number of H-pyrrole nitrogens is 1. The van der Waals surface area contributed by atoms with E-state index in [2.05, 4.69) is 20.0 Å². The van der Waals surface area contributed by atoms with Crippen LogP contribution in [0.1, 0.15) is 29.4 Å². The van der Waals surface area contributed by atoms with Crippen LogP contribution in [0.25, 0.3) is 0 Å². The molecule has 0 saturated heterocycles. The molecule has 1 aromatic heterocycles. The fourth-order valence-corrected chi connectivity index (χ4v) is 2.35. The Morgan fingerprint density at radius 3 is 2.75 bits per heavy atom. The molecule has 0 spiro atoms. The van der Waals surface area contributed by atoms with Crippen LogP contribution < -0.4 is 11.0 Å². The van der Waals surface area contributed by atoms with Crippen LogP contribution in [-0.2, 0) is 9.53 Å². The summed E-state index contributed by atoms with van der Waals surface area (Å²) < 4.78 is 4.65. The lowest BCUT2D eigenvalue weighted by Crippen LogP contribution is -2.26. The second-order valence-corrected chi connectivity index (χ2v) is 4.94. The molecule has 0 radical (unpaired) electrons. The number of aryl methyl sites for hydroxylation is 1. The van der Waals surface area contributed by atoms with Crippen LogP contribution in [0.2, 0.25) is 0 Å². The van der Waals surface area contributed by atoms with E-state index in [9.17, 15) is 14.4 Å². The number of nitrogens with zero attached hydrogens (tertiary/aromatic N) is 1. The van der Waals surface area contributed by atoms with Gasteiger partial charge in [-0.25, -0.2) is 9.59 Å². The molecule has 1 heterocycles. The zero-order valence-corrected chi connectivity index (χ0v) is 12.4. The van der Waals surface area contributed by atoms with Crippen molar-refractivity contribution in [1.29, 1.82) is 0 Å². The maximum atomic E-state index is 11.7. The van der Waals surface area contributed by atoms with Gasteiger partial charge in [0.1, 0.15) is 10.6 Å². The van der Waals surface area contributed by atoms with Crippen molar-refractivity contribution in [3.05, 3.63) is 21.7 Å². The quantitative estimate of drug-likeness (QED) is 0.450. The maximum Gasteiger partial charge on any atom is 0.346 e. The standard InChI is InChI=1S/C12H17N3O4S/c1-4-5-13-8(16)6-20-10-9(11(17)19-3)7(2)14-12(18)15-10/h4-6H2,1-3H3,(H,13,16)(H,14,15,18). The summed E-state index contributed by atoms with van der Waals surface area (Å²) in [4.78, 5) is 40.7. The van der Waals surface area contributed by atoms with Crippen LogP contribution in [0, 0.1) is 6.92 Å². The Kier molecular flexibility index (Phi) is 6.23. The van der Waals surface area contributed by atoms with Crippen molar-refractivity contribution >= 4 is 23.6 Å². The van der Waals surface area contributed by atoms with E-state index in [4.69, 9.17) is 0 Å². The van der Waals surface area contributed by atoms with Gasteiger partial charge in [-0.1, -0.05) is 18.7 Å². The highest BCUT2D eigenvalue weighted by Crippen LogP contribution is 2.21. The number of hydrogen-bond donors (Lipinski definition) is 2. The molecule has 0 atom stereocenters. The Morgan fingerprint density at radius 1 is 1.45 bits per heavy atom. The molecule has 1 amide bonds. The molecule has 0 aliphatic heterocycles. The first-order valence-electron chi connectivity index (χ1n) is 6.08. The number of amides is 1. The van der Waals surface area contributed by atoms with E-state index in [0.717, 1.165) is 18.2 Å². The first-order valence-corrected chi connectivity index (χ1v) is 7.06. The van der Waals surface area contributed by atoms with Crippen molar-refractivity contribution in [1.82, 2.24) is 15.3 Å². The zero-order chi connectivity index (χ0) is 15.1. The van der Waals surface area contributed by atoms with E-state index < -0.39 is 11.7 Å². The average Bonchev–Trinajstić information content (AvgIpc) is 2.41. The van der Waals surface area contributed by atoms with Crippen molar-refractivity contribution in [3.8, 4) is 0 Å². The van der Waals surface area contributed by atoms with E-state index in [0.29, 0.717) is 12.2 Å². The molecule has 0 aliphatic rings. The molecule has 0 bridgehead atoms. The zero-order valence-electron chi connectivity index (χ0n) is 11.6. The first kappa shape index (κ1) is 16.2. The van der Waals surface area contributed by atoms with Gasteiger partial charge in [-0.15, -0.1) is 0 Å². The number of nitrogens with one attached hydrogen (secondary N) is 2. The largest absolute Gasteiger partial charge is 0.465 e. The molecule has 0 aliphatic carbocycles. The smallest absolute Gasteiger partial charge is 0.346 e. The van der Waals surface area contributed by atoms with Crippen molar-refractivity contribution in [2.75, 3.05) is 19.4 Å². The summed E-state index contributed by atoms with van der Waals surface area (Å²) in [6.45, 7) is 4.12. The lowest BCUT2D eigenvalue weighted by atomic mass is 10.2. The third-order valence-electron chi connectivity index (χ3n) is 2.39. The monoisotopic (exact) mass is 299 g/mol. The molecule has 0 unspecified atom stereocenters. The number of hydrogen-bond acceptors (Lipinski definition) is 6. The number of rotatable bonds is 6. The Bertz CT molecular complexity index is 556. The van der Waals surface area contributed by atoms with E-state index in [-0.39, 0.29) is 22.2 Å². The summed E-state index contributed by atoms with van der Waals surface area (Å²) in [5.74, 6) is -0.685. The number of esters is 1. The Labute approximate surface area is 120 Å². The molecule has 1 aromatic rings. The van der Waals surface area contributed by atoms with Crippen molar-refractivity contribution < 1.29 is 14.3 Å². The van der Waals surface area contributed by atoms with Gasteiger partial charge in [0.15, 0.2) is 0 Å². The molecule has 0 aromatic carbocycles. The Balaban J connectivity index is 2.91. The number of carbonyl (C=O) groups is 2. The highest BCUT2D eigenvalue weighted by Gasteiger charge is 2.19. The van der Waals surface area contributed by atoms with E-state index in [1.807, 2.05) is 6.92 Å². The van der Waals surface area contributed by atoms with Gasteiger partial charge in [0.05, 0.1) is 12.9 Å². The SMILES string of the molecule is CCCNC(=O)CSc1nc(=O)[nH]c(C)c1C(=O)OC. The highest BCUT2D eigenvalue weighted by molar-refractivity contribution is 8.00. The second-order valence-electron chi connectivity index (χ2n) is 3.98. The van der Waals surface area contributed by atoms with Crippen LogP contribution in [0.15, 0.2) is 9.82 Å². The summed E-state index contributed by atoms with van der Waals surface area (Å²) in [5, 5.41) is 2.90. The number of aromatic nitrogens is 2. The molecule has 110 valence electrons. The predicted molar refractivity (Wildman–Crippen MR) is 75.0 cm³/mol. The van der Waals surface area contributed by atoms with Gasteiger partial charge >= 0.3 is 11.7 Å². The van der Waals surface area contributed by atoms with Crippen LogP contribution >= 0.6 is 11.8 Å². The minimum Gasteiger partial charge on any atom is -0.465 e. The van der Waals surface area contributed by atoms with Crippen molar-refractivity contribution in [2.24, 2.45) is 0 Å². The summed E-state index contributed by atoms with van der Waals surface area (Å²) in [5.41, 5.74) is -0.0136. The molecule has 8 heteroatoms. The second kappa shape index (κ2) is 7.68. The molecule has 1 rings (SSSR count). The lowest BCUT2D eigenvalue weighted by molar-refractivity contribution is -0.118. The van der Waals surface area contributed by atoms with Gasteiger partial charge in [-0.05, 0) is 13.3 Å². The molecule has 20 heavy (non-hydrogen) atoms. The third kappa shape index (κ3) is 4.37. The Hall–Kier alpha value is -1.83. The summed E-state index contributed by atoms with van der Waals surface area (Å²) in [6, 6.07) is 0. The average molecular weight is 299 g/mol. The molecule has 7 nitrogen and oxygen atoms in total. The molecule has 0 saturated carbocycles. The third-order valence-corrected chi connectivity index (χ3v) is 3.36. The molecule has 2 N–H and O–H groups in total. The van der Waals surface area contributed by atoms with Gasteiger partial charge in [-0.2, -0.15) is 4.98 Å². The van der Waals surface area contributed by atoms with E-state index in [1.165, 1.54) is 7.11 Å². The van der Waals surface area contributed by atoms with Crippen molar-refractivity contribution in [2.45, 2.75) is 25.3 Å².